The van der Waals surface area contributed by atoms with E-state index in [-0.39, 0.29) is 5.91 Å². The van der Waals surface area contributed by atoms with Gasteiger partial charge in [0.15, 0.2) is 0 Å². The Balaban J connectivity index is 1.52. The van der Waals surface area contributed by atoms with Crippen LogP contribution in [0.25, 0.3) is 0 Å². The molecule has 1 unspecified atom stereocenters. The van der Waals surface area contributed by atoms with Crippen LogP contribution in [0.4, 0.5) is 0 Å². The van der Waals surface area contributed by atoms with Crippen LogP contribution in [0, 0.1) is 11.8 Å². The van der Waals surface area contributed by atoms with Gasteiger partial charge in [0.05, 0.1) is 0 Å². The third kappa shape index (κ3) is 6.35. The van der Waals surface area contributed by atoms with Crippen LogP contribution in [-0.4, -0.2) is 50.1 Å². The van der Waals surface area contributed by atoms with Crippen molar-refractivity contribution in [2.24, 2.45) is 11.8 Å². The summed E-state index contributed by atoms with van der Waals surface area (Å²) in [5.74, 6) is 1.59. The highest BCUT2D eigenvalue weighted by atomic mass is 16.1. The number of piperazine rings is 1. The van der Waals surface area contributed by atoms with Gasteiger partial charge in [-0.25, -0.2) is 0 Å². The van der Waals surface area contributed by atoms with Crippen molar-refractivity contribution < 1.29 is 4.79 Å². The Hall–Kier alpha value is -0.610. The van der Waals surface area contributed by atoms with E-state index in [1.165, 1.54) is 32.1 Å². The molecule has 4 nitrogen and oxygen atoms in total. The maximum atomic E-state index is 12.0. The maximum absolute atomic E-state index is 12.0. The average Bonchev–Trinajstić information content (AvgIpc) is 2.53. The third-order valence-electron chi connectivity index (χ3n) is 5.14. The van der Waals surface area contributed by atoms with Gasteiger partial charge in [0.25, 0.3) is 0 Å². The van der Waals surface area contributed by atoms with Crippen LogP contribution in [0.5, 0.6) is 0 Å². The van der Waals surface area contributed by atoms with E-state index in [1.54, 1.807) is 0 Å². The second-order valence-corrected chi connectivity index (χ2v) is 6.87. The molecular formula is C17H33N3O. The van der Waals surface area contributed by atoms with E-state index in [9.17, 15) is 4.79 Å². The molecule has 122 valence electrons. The molecule has 4 heteroatoms. The van der Waals surface area contributed by atoms with Gasteiger partial charge in [-0.3, -0.25) is 4.79 Å². The largest absolute Gasteiger partial charge is 0.356 e. The van der Waals surface area contributed by atoms with E-state index < -0.39 is 0 Å². The molecule has 0 bridgehead atoms. The highest BCUT2D eigenvalue weighted by Crippen LogP contribution is 2.31. The molecule has 1 aliphatic carbocycles. The molecule has 1 aliphatic heterocycles. The first kappa shape index (κ1) is 16.8. The number of nitrogens with one attached hydrogen (secondary N) is 2. The van der Waals surface area contributed by atoms with Gasteiger partial charge < -0.3 is 15.5 Å². The van der Waals surface area contributed by atoms with Gasteiger partial charge in [0.1, 0.15) is 0 Å². The molecule has 0 spiro atoms. The van der Waals surface area contributed by atoms with Gasteiger partial charge in [-0.15, -0.1) is 0 Å². The summed E-state index contributed by atoms with van der Waals surface area (Å²) >= 11 is 0. The molecular weight excluding hydrogens is 262 g/mol. The second-order valence-electron chi connectivity index (χ2n) is 6.87. The summed E-state index contributed by atoms with van der Waals surface area (Å²) < 4.78 is 0. The van der Waals surface area contributed by atoms with Crippen LogP contribution in [-0.2, 0) is 4.79 Å². The first-order valence-electron chi connectivity index (χ1n) is 8.95. The normalized spacial score (nSPS) is 22.9. The van der Waals surface area contributed by atoms with Crippen molar-refractivity contribution >= 4 is 5.91 Å². The van der Waals surface area contributed by atoms with E-state index >= 15 is 0 Å². The van der Waals surface area contributed by atoms with Crippen molar-refractivity contribution in [1.29, 1.82) is 0 Å². The first-order chi connectivity index (χ1) is 10.3. The molecule has 2 N–H and O–H groups in total. The van der Waals surface area contributed by atoms with Crippen LogP contribution in [0.1, 0.15) is 51.9 Å². The van der Waals surface area contributed by atoms with Gasteiger partial charge in [0.2, 0.25) is 5.91 Å². The number of carbonyl (C=O) groups excluding carboxylic acids is 1. The van der Waals surface area contributed by atoms with Gasteiger partial charge in [-0.1, -0.05) is 39.0 Å². The average molecular weight is 295 g/mol. The molecule has 0 aromatic rings. The van der Waals surface area contributed by atoms with Gasteiger partial charge in [-0.2, -0.15) is 0 Å². The van der Waals surface area contributed by atoms with Crippen molar-refractivity contribution in [3.05, 3.63) is 0 Å². The minimum absolute atomic E-state index is 0.258. The predicted molar refractivity (Wildman–Crippen MR) is 87.3 cm³/mol. The van der Waals surface area contributed by atoms with Crippen molar-refractivity contribution in [3.63, 3.8) is 0 Å². The van der Waals surface area contributed by atoms with Gasteiger partial charge in [-0.05, 0) is 24.8 Å². The molecule has 1 heterocycles. The highest BCUT2D eigenvalue weighted by molar-refractivity contribution is 5.76. The second kappa shape index (κ2) is 9.42. The Morgan fingerprint density at radius 1 is 1.24 bits per heavy atom. The Labute approximate surface area is 130 Å². The number of nitrogens with zero attached hydrogens (tertiary/aromatic N) is 1. The lowest BCUT2D eigenvalue weighted by atomic mass is 9.79. The number of amides is 1. The van der Waals surface area contributed by atoms with E-state index in [4.69, 9.17) is 0 Å². The molecule has 0 radical (unpaired) electrons. The number of carbonyl (C=O) groups is 1. The quantitative estimate of drug-likeness (QED) is 0.706. The van der Waals surface area contributed by atoms with Crippen LogP contribution >= 0.6 is 0 Å². The molecule has 0 aromatic carbocycles. The fourth-order valence-corrected chi connectivity index (χ4v) is 3.70. The van der Waals surface area contributed by atoms with Crippen LogP contribution in [0.2, 0.25) is 0 Å². The Kier molecular flexibility index (Phi) is 7.51. The Morgan fingerprint density at radius 3 is 2.67 bits per heavy atom. The van der Waals surface area contributed by atoms with Crippen LogP contribution in [0.3, 0.4) is 0 Å². The molecule has 0 aromatic heterocycles. The zero-order valence-electron chi connectivity index (χ0n) is 13.7. The van der Waals surface area contributed by atoms with Crippen molar-refractivity contribution in [1.82, 2.24) is 15.5 Å². The van der Waals surface area contributed by atoms with E-state index in [2.05, 4.69) is 22.5 Å². The molecule has 21 heavy (non-hydrogen) atoms. The minimum atomic E-state index is 0.258. The van der Waals surface area contributed by atoms with E-state index in [0.29, 0.717) is 5.92 Å². The highest BCUT2D eigenvalue weighted by Gasteiger charge is 2.21. The molecule has 1 saturated heterocycles. The van der Waals surface area contributed by atoms with E-state index in [0.717, 1.165) is 58.0 Å². The fourth-order valence-electron chi connectivity index (χ4n) is 3.70. The summed E-state index contributed by atoms with van der Waals surface area (Å²) in [5.41, 5.74) is 0. The molecule has 1 atom stereocenters. The number of rotatable bonds is 7. The summed E-state index contributed by atoms with van der Waals surface area (Å²) in [7, 11) is 0. The lowest BCUT2D eigenvalue weighted by Gasteiger charge is -2.28. The smallest absolute Gasteiger partial charge is 0.220 e. The molecule has 2 rings (SSSR count). The number of hydrogen-bond acceptors (Lipinski definition) is 3. The molecule has 2 aliphatic rings. The third-order valence-corrected chi connectivity index (χ3v) is 5.14. The SMILES string of the molecule is CC(CC(=O)NCCCN1CCNCC1)C1CCCCC1. The van der Waals surface area contributed by atoms with Gasteiger partial charge >= 0.3 is 0 Å². The topological polar surface area (TPSA) is 44.4 Å². The van der Waals surface area contributed by atoms with Crippen molar-refractivity contribution in [3.8, 4) is 0 Å². The summed E-state index contributed by atoms with van der Waals surface area (Å²) in [4.78, 5) is 14.5. The number of hydrogen-bond donors (Lipinski definition) is 2. The van der Waals surface area contributed by atoms with Crippen LogP contribution < -0.4 is 10.6 Å². The standard InChI is InChI=1S/C17H33N3O/c1-15(16-6-3-2-4-7-16)14-17(21)19-8-5-11-20-12-9-18-10-13-20/h15-16,18H,2-14H2,1H3,(H,19,21). The zero-order valence-corrected chi connectivity index (χ0v) is 13.7. The van der Waals surface area contributed by atoms with Crippen molar-refractivity contribution in [2.75, 3.05) is 39.3 Å². The monoisotopic (exact) mass is 295 g/mol. The summed E-state index contributed by atoms with van der Waals surface area (Å²) in [5, 5.41) is 6.48. The lowest BCUT2D eigenvalue weighted by Crippen LogP contribution is -2.44. The maximum Gasteiger partial charge on any atom is 0.220 e. The lowest BCUT2D eigenvalue weighted by molar-refractivity contribution is -0.122. The predicted octanol–water partition coefficient (Wildman–Crippen LogP) is 2.00. The first-order valence-corrected chi connectivity index (χ1v) is 8.95. The van der Waals surface area contributed by atoms with Crippen LogP contribution in [0.15, 0.2) is 0 Å². The summed E-state index contributed by atoms with van der Waals surface area (Å²) in [6.45, 7) is 8.70. The molecule has 1 saturated carbocycles. The zero-order chi connectivity index (χ0) is 14.9. The molecule has 1 amide bonds. The summed E-state index contributed by atoms with van der Waals surface area (Å²) in [6.07, 6.45) is 8.57. The minimum Gasteiger partial charge on any atom is -0.356 e. The summed E-state index contributed by atoms with van der Waals surface area (Å²) in [6, 6.07) is 0. The molecule has 2 fully saturated rings. The van der Waals surface area contributed by atoms with E-state index in [1.807, 2.05) is 0 Å². The fraction of sp³-hybridized carbons (Fsp3) is 0.941. The van der Waals surface area contributed by atoms with Crippen molar-refractivity contribution in [2.45, 2.75) is 51.9 Å². The Bertz CT molecular complexity index is 296. The Morgan fingerprint density at radius 2 is 1.95 bits per heavy atom. The van der Waals surface area contributed by atoms with Gasteiger partial charge in [0, 0.05) is 39.1 Å².